The zero-order valence-corrected chi connectivity index (χ0v) is 68.8. The minimum absolute atomic E-state index is 0.0806. The Kier molecular flexibility index (Phi) is 24.5. The van der Waals surface area contributed by atoms with E-state index in [2.05, 4.69) is 141 Å². The third kappa shape index (κ3) is 19.9. The van der Waals surface area contributed by atoms with Crippen molar-refractivity contribution in [3.8, 4) is 56.9 Å². The first-order valence-corrected chi connectivity index (χ1v) is 40.0. The summed E-state index contributed by atoms with van der Waals surface area (Å²) in [5.74, 6) is 1.97. The van der Waals surface area contributed by atoms with Crippen LogP contribution in [0.5, 0.6) is 0 Å². The number of aromatic nitrogens is 22. The van der Waals surface area contributed by atoms with Gasteiger partial charge in [-0.25, -0.2) is 59.8 Å². The molecule has 14 aromatic heterocycles. The van der Waals surface area contributed by atoms with E-state index in [9.17, 15) is 22.0 Å². The fourth-order valence-electron chi connectivity index (χ4n) is 13.3. The first kappa shape index (κ1) is 83.1. The fourth-order valence-corrected chi connectivity index (χ4v) is 13.3. The molecule has 626 valence electrons. The monoisotopic (exact) mass is 1680 g/mol. The Morgan fingerprint density at radius 1 is 0.357 bits per heavy atom. The van der Waals surface area contributed by atoms with Gasteiger partial charge in [-0.1, -0.05) is 152 Å². The van der Waals surface area contributed by atoms with Gasteiger partial charge >= 0.3 is 6.18 Å². The number of aryl methyl sites for hydroxylation is 2. The molecule has 0 saturated heterocycles. The summed E-state index contributed by atoms with van der Waals surface area (Å²) in [4.78, 5) is 84.4. The summed E-state index contributed by atoms with van der Waals surface area (Å²) >= 11 is 0. The summed E-state index contributed by atoms with van der Waals surface area (Å²) in [6, 6.07) is 78.6. The lowest BCUT2D eigenvalue weighted by Gasteiger charge is -2.13. The van der Waals surface area contributed by atoms with Crippen molar-refractivity contribution in [1.29, 1.82) is 0 Å². The van der Waals surface area contributed by atoms with Crippen molar-refractivity contribution < 1.29 is 22.0 Å². The van der Waals surface area contributed by atoms with Gasteiger partial charge in [-0.2, -0.15) is 26.9 Å². The number of para-hydroxylation sites is 3. The second-order valence-electron chi connectivity index (χ2n) is 29.4. The predicted octanol–water partition coefficient (Wildman–Crippen LogP) is 22.5. The molecule has 0 bridgehead atoms. The SMILES string of the molecule is CC(C)n1cnc2c(Nc3ccnc(C(C)(F)F)c3)nc(-c3ccncc3)nc21.CC(C)n1cnc2c(Nc3ccnc(C(F)(F)F)c3)nc(-c3ccccn3)nc21.Cc1cc2c(-c3ccccc3)nc(Nc3ccccc3)nc2[nH]1.Cc1cc2c(Nc3ccccc3)nc(-c3ccccc3)nc2[nH]1.c1ccc(Nc2nc(-c3ccccc3)nc3nc[nH]c23)cc1. The number of nitrogens with one attached hydrogen (secondary N) is 8. The van der Waals surface area contributed by atoms with Crippen LogP contribution in [0.4, 0.5) is 79.6 Å². The normalized spacial score (nSPS) is 11.3. The van der Waals surface area contributed by atoms with E-state index in [-0.39, 0.29) is 29.3 Å². The smallest absolute Gasteiger partial charge is 0.343 e. The molecule has 0 spiro atoms. The van der Waals surface area contributed by atoms with Gasteiger partial charge in [0.05, 0.1) is 30.1 Å². The number of nitrogens with zero attached hydrogens (tertiary/aromatic N) is 19. The molecule has 6 aromatic carbocycles. The van der Waals surface area contributed by atoms with E-state index in [1.54, 1.807) is 61.8 Å². The number of rotatable bonds is 18. The highest BCUT2D eigenvalue weighted by Crippen LogP contribution is 2.37. The Balaban J connectivity index is 0.000000117. The van der Waals surface area contributed by atoms with Crippen molar-refractivity contribution in [3.63, 3.8) is 0 Å². The molecule has 20 aromatic rings. The maximum absolute atomic E-state index is 13.7. The lowest BCUT2D eigenvalue weighted by Crippen LogP contribution is -2.10. The van der Waals surface area contributed by atoms with Gasteiger partial charge in [0.1, 0.15) is 39.7 Å². The standard InChI is InChI=1S/C20H19F2N7.C19H16F3N7.2C19H16N4.C17H13N5/c1-12(2)29-11-25-16-18(26-14-6-9-24-15(10-14)20(3,21)22)27-17(28-19(16)29)13-4-7-23-8-5-13;1-11(2)29-10-25-15-17(26-12-6-8-24-14(9-12)19(20,21)22)27-16(28-18(15)29)13-5-3-4-7-23-13;1-13-12-16-18(20-13)22-17(14-8-4-2-5-9-14)23-19(16)21-15-10-6-3-7-11-15;1-13-12-16-17(14-8-4-2-5-9-14)22-19(23-18(16)20-13)21-15-10-6-3-7-11-15;1-3-7-12(8-4-1)15-21-16-14(18-11-19-16)17(22-15)20-13-9-5-2-6-10-13/h4-12H,1-3H3,(H,24,26,27,28);3-11H,1-2H3,(H,24,26,27,28);2*2-12H,1H3,(H2,20,21,22,23);1-11H,(H2,18,19,20,21,22). The van der Waals surface area contributed by atoms with Crippen LogP contribution < -0.4 is 26.6 Å². The van der Waals surface area contributed by atoms with Gasteiger partial charge in [-0.05, 0) is 139 Å². The minimum atomic E-state index is -4.54. The van der Waals surface area contributed by atoms with Crippen LogP contribution in [-0.2, 0) is 12.1 Å². The Hall–Kier alpha value is -16.5. The predicted molar refractivity (Wildman–Crippen MR) is 482 cm³/mol. The average molecular weight is 1680 g/mol. The van der Waals surface area contributed by atoms with E-state index >= 15 is 0 Å². The van der Waals surface area contributed by atoms with Crippen molar-refractivity contribution in [2.75, 3.05) is 26.6 Å². The Labute approximate surface area is 717 Å². The molecule has 0 radical (unpaired) electrons. The highest BCUT2D eigenvalue weighted by atomic mass is 19.4. The minimum Gasteiger partial charge on any atom is -0.343 e. The molecular weight excluding hydrogens is 1600 g/mol. The van der Waals surface area contributed by atoms with E-state index < -0.39 is 17.8 Å². The molecule has 27 nitrogen and oxygen atoms in total. The first-order chi connectivity index (χ1) is 61.1. The number of hydrogen-bond donors (Lipinski definition) is 8. The van der Waals surface area contributed by atoms with Crippen LogP contribution in [0.1, 0.15) is 69.5 Å². The van der Waals surface area contributed by atoms with Gasteiger partial charge in [-0.15, -0.1) is 0 Å². The number of fused-ring (bicyclic) bond motifs is 5. The highest BCUT2D eigenvalue weighted by molar-refractivity contribution is 5.94. The molecule has 14 heterocycles. The number of H-pyrrole nitrogens is 3. The highest BCUT2D eigenvalue weighted by Gasteiger charge is 2.33. The fraction of sp³-hybridized carbons (Fsp3) is 0.117. The lowest BCUT2D eigenvalue weighted by atomic mass is 10.1. The summed E-state index contributed by atoms with van der Waals surface area (Å²) in [5.41, 5.74) is 15.0. The molecule has 0 aliphatic carbocycles. The van der Waals surface area contributed by atoms with Gasteiger partial charge in [0.2, 0.25) is 5.95 Å². The van der Waals surface area contributed by atoms with Crippen LogP contribution in [-0.4, -0.2) is 109 Å². The van der Waals surface area contributed by atoms with Gasteiger partial charge < -0.3 is 50.7 Å². The van der Waals surface area contributed by atoms with Crippen molar-refractivity contribution in [2.45, 2.75) is 72.6 Å². The van der Waals surface area contributed by atoms with E-state index in [4.69, 9.17) is 9.97 Å². The number of benzene rings is 6. The zero-order valence-electron chi connectivity index (χ0n) is 68.8. The molecule has 0 fully saturated rings. The summed E-state index contributed by atoms with van der Waals surface area (Å²) < 4.78 is 70.1. The zero-order chi connectivity index (χ0) is 87.3. The van der Waals surface area contributed by atoms with Gasteiger partial charge in [-0.3, -0.25) is 19.9 Å². The van der Waals surface area contributed by atoms with E-state index in [1.165, 1.54) is 18.3 Å². The second kappa shape index (κ2) is 37.2. The maximum atomic E-state index is 13.7. The third-order valence-corrected chi connectivity index (χ3v) is 19.3. The van der Waals surface area contributed by atoms with Crippen LogP contribution >= 0.6 is 0 Å². The Bertz CT molecular complexity index is 6880. The van der Waals surface area contributed by atoms with E-state index in [1.807, 2.05) is 233 Å². The number of alkyl halides is 5. The average Bonchev–Trinajstić information content (AvgIpc) is 1.62. The molecular formula is C94H80F5N27. The van der Waals surface area contributed by atoms with Crippen LogP contribution in [0.15, 0.2) is 299 Å². The van der Waals surface area contributed by atoms with Crippen molar-refractivity contribution in [3.05, 3.63) is 321 Å². The van der Waals surface area contributed by atoms with Gasteiger partial charge in [0, 0.05) is 117 Å². The molecule has 20 rings (SSSR count). The van der Waals surface area contributed by atoms with Gasteiger partial charge in [0.15, 0.2) is 68.7 Å². The molecule has 126 heavy (non-hydrogen) atoms. The number of aromatic amines is 3. The van der Waals surface area contributed by atoms with Gasteiger partial charge in [0.25, 0.3) is 5.92 Å². The molecule has 0 saturated carbocycles. The number of halogens is 5. The summed E-state index contributed by atoms with van der Waals surface area (Å²) in [7, 11) is 0. The molecule has 0 amide bonds. The van der Waals surface area contributed by atoms with E-state index in [0.29, 0.717) is 80.2 Å². The number of hydrogen-bond acceptors (Lipinski definition) is 22. The number of anilines is 10. The van der Waals surface area contributed by atoms with E-state index in [0.717, 1.165) is 109 Å². The molecule has 0 aliphatic heterocycles. The summed E-state index contributed by atoms with van der Waals surface area (Å²) in [6.45, 7) is 12.9. The van der Waals surface area contributed by atoms with Crippen LogP contribution in [0.3, 0.4) is 0 Å². The first-order valence-electron chi connectivity index (χ1n) is 40.0. The maximum Gasteiger partial charge on any atom is 0.433 e. The molecule has 32 heteroatoms. The van der Waals surface area contributed by atoms with Crippen LogP contribution in [0.2, 0.25) is 0 Å². The summed E-state index contributed by atoms with van der Waals surface area (Å²) in [6.07, 6.45) is 7.78. The van der Waals surface area contributed by atoms with Crippen molar-refractivity contribution in [2.24, 2.45) is 0 Å². The van der Waals surface area contributed by atoms with Crippen molar-refractivity contribution >= 4 is 113 Å². The molecule has 0 unspecified atom stereocenters. The van der Waals surface area contributed by atoms with Crippen LogP contribution in [0, 0.1) is 13.8 Å². The second-order valence-corrected chi connectivity index (χ2v) is 29.4. The molecule has 0 atom stereocenters. The van der Waals surface area contributed by atoms with Crippen LogP contribution in [0.25, 0.3) is 112 Å². The Morgan fingerprint density at radius 3 is 1.34 bits per heavy atom. The quantitative estimate of drug-likeness (QED) is 0.0370. The molecule has 8 N–H and O–H groups in total. The summed E-state index contributed by atoms with van der Waals surface area (Å²) in [5, 5.41) is 18.1. The number of imidazole rings is 3. The largest absolute Gasteiger partial charge is 0.433 e. The van der Waals surface area contributed by atoms with Crippen molar-refractivity contribution in [1.82, 2.24) is 109 Å². The number of pyridine rings is 4. The topological polar surface area (TPSA) is 337 Å². The molecule has 0 aliphatic rings. The Morgan fingerprint density at radius 2 is 0.802 bits per heavy atom. The third-order valence-electron chi connectivity index (χ3n) is 19.3. The lowest BCUT2D eigenvalue weighted by molar-refractivity contribution is -0.141.